The average molecular weight is 749 g/mol. The van der Waals surface area contributed by atoms with Crippen LogP contribution in [0.15, 0.2) is 78.8 Å². The first-order valence-electron chi connectivity index (χ1n) is 16.8. The Morgan fingerprint density at radius 3 is 2.49 bits per heavy atom. The molecule has 3 aromatic rings. The number of fused-ring (bicyclic) bond motifs is 3. The molecule has 6 atom stereocenters. The molecule has 53 heavy (non-hydrogen) atoms. The number of carbonyl (C=O) groups is 4. The minimum atomic E-state index is -1.61. The van der Waals surface area contributed by atoms with Gasteiger partial charge in [0, 0.05) is 35.6 Å². The molecule has 1 aliphatic heterocycles. The lowest BCUT2D eigenvalue weighted by Gasteiger charge is -2.44. The molecule has 18 heteroatoms. The van der Waals surface area contributed by atoms with Gasteiger partial charge in [0.2, 0.25) is 5.91 Å². The molecule has 1 aliphatic carbocycles. The van der Waals surface area contributed by atoms with Crippen LogP contribution in [0, 0.1) is 0 Å². The van der Waals surface area contributed by atoms with E-state index in [0.29, 0.717) is 17.9 Å². The van der Waals surface area contributed by atoms with Crippen molar-refractivity contribution < 1.29 is 43.2 Å². The Kier molecular flexibility index (Phi) is 13.7. The molecule has 0 unspecified atom stereocenters. The second kappa shape index (κ2) is 18.8. The molecule has 6 N–H and O–H groups in total. The van der Waals surface area contributed by atoms with Gasteiger partial charge >= 0.3 is 18.2 Å². The molecule has 2 aromatic carbocycles. The van der Waals surface area contributed by atoms with Gasteiger partial charge in [-0.2, -0.15) is 0 Å². The van der Waals surface area contributed by atoms with Crippen LogP contribution in [0.4, 0.5) is 9.59 Å². The molecule has 3 amide bonds. The first-order chi connectivity index (χ1) is 25.7. The Morgan fingerprint density at radius 2 is 1.85 bits per heavy atom. The lowest BCUT2D eigenvalue weighted by Crippen LogP contribution is -2.65. The van der Waals surface area contributed by atoms with Crippen molar-refractivity contribution >= 4 is 35.8 Å². The summed E-state index contributed by atoms with van der Waals surface area (Å²) in [5.74, 6) is -1.40. The summed E-state index contributed by atoms with van der Waals surface area (Å²) < 4.78 is 22.7. The highest BCUT2D eigenvalue weighted by Gasteiger charge is 2.49. The van der Waals surface area contributed by atoms with Gasteiger partial charge < -0.3 is 45.4 Å². The SMILES string of the molecule is C=CCOC(=O)N[C@@H]1[C@@H](OC(=O)[C@H](Cc2cnc[nH]2)NC(=O)OCC2c3ccccc3-c3ccccc32)[C@@H](O)[C@@H](CN=[N+]=[N-])O[C@@H]1SCCCC(N)=O. The van der Waals surface area contributed by atoms with E-state index in [4.69, 9.17) is 30.2 Å². The van der Waals surface area contributed by atoms with Crippen molar-refractivity contribution in [1.29, 1.82) is 0 Å². The molecule has 1 fully saturated rings. The van der Waals surface area contributed by atoms with E-state index in [1.165, 1.54) is 18.6 Å². The Morgan fingerprint density at radius 1 is 1.13 bits per heavy atom. The van der Waals surface area contributed by atoms with E-state index in [-0.39, 0.29) is 38.5 Å². The number of imidazole rings is 1. The lowest BCUT2D eigenvalue weighted by atomic mass is 9.97. The number of esters is 1. The summed E-state index contributed by atoms with van der Waals surface area (Å²) >= 11 is 1.15. The number of nitrogens with two attached hydrogens (primary N) is 1. The number of hydrogen-bond donors (Lipinski definition) is 5. The number of aliphatic hydroxyl groups is 1. The first kappa shape index (κ1) is 38.7. The van der Waals surface area contributed by atoms with Crippen LogP contribution in [-0.2, 0) is 35.0 Å². The summed E-state index contributed by atoms with van der Waals surface area (Å²) in [7, 11) is 0. The second-order valence-electron chi connectivity index (χ2n) is 12.1. The number of rotatable bonds is 17. The number of benzene rings is 2. The van der Waals surface area contributed by atoms with E-state index in [0.717, 1.165) is 34.0 Å². The van der Waals surface area contributed by atoms with Gasteiger partial charge in [-0.3, -0.25) is 4.79 Å². The smallest absolute Gasteiger partial charge is 0.407 e. The summed E-state index contributed by atoms with van der Waals surface area (Å²) in [6, 6.07) is 13.1. The third-order valence-corrected chi connectivity index (χ3v) is 9.87. The molecular weight excluding hydrogens is 708 g/mol. The number of H-pyrrole nitrogens is 1. The number of aliphatic hydroxyl groups excluding tert-OH is 1. The third kappa shape index (κ3) is 10.1. The third-order valence-electron chi connectivity index (χ3n) is 8.62. The number of primary amides is 1. The van der Waals surface area contributed by atoms with E-state index in [2.05, 4.69) is 37.2 Å². The van der Waals surface area contributed by atoms with Crippen molar-refractivity contribution in [1.82, 2.24) is 20.6 Å². The summed E-state index contributed by atoms with van der Waals surface area (Å²) in [5.41, 5.74) is 17.9. The Balaban J connectivity index is 1.35. The molecule has 17 nitrogen and oxygen atoms in total. The molecule has 5 rings (SSSR count). The van der Waals surface area contributed by atoms with E-state index in [1.807, 2.05) is 48.5 Å². The van der Waals surface area contributed by atoms with Crippen LogP contribution in [0.2, 0.25) is 0 Å². The number of thioether (sulfide) groups is 1. The molecule has 0 radical (unpaired) electrons. The number of nitrogens with one attached hydrogen (secondary N) is 3. The van der Waals surface area contributed by atoms with Gasteiger partial charge in [-0.1, -0.05) is 66.3 Å². The molecule has 1 aromatic heterocycles. The van der Waals surface area contributed by atoms with E-state index < -0.39 is 59.9 Å². The summed E-state index contributed by atoms with van der Waals surface area (Å²) in [5, 5.41) is 20.1. The molecule has 0 spiro atoms. The maximum Gasteiger partial charge on any atom is 0.407 e. The second-order valence-corrected chi connectivity index (χ2v) is 13.4. The lowest BCUT2D eigenvalue weighted by molar-refractivity contribution is -0.189. The molecule has 1 saturated heterocycles. The van der Waals surface area contributed by atoms with Crippen molar-refractivity contribution in [2.75, 3.05) is 25.5 Å². The highest BCUT2D eigenvalue weighted by molar-refractivity contribution is 7.99. The standard InChI is InChI=1S/C35H40N8O9S/c1-2-13-49-35(48)42-29-31(30(45)27(17-40-43-37)51-33(29)53-14-7-12-28(36)44)52-32(46)26(15-20-16-38-19-39-20)41-34(47)50-18-25-23-10-5-3-8-21(23)22-9-4-6-11-24(22)25/h2-6,8-11,16,19,25-27,29-31,33,45H,1,7,12-15,17-18H2,(H2,36,44)(H,38,39)(H,41,47)(H,42,48)/t26-,27+,29+,30-,31+,33+/m0/s1. The zero-order valence-corrected chi connectivity index (χ0v) is 29.4. The van der Waals surface area contributed by atoms with Gasteiger partial charge in [0.25, 0.3) is 0 Å². The maximum atomic E-state index is 14.0. The van der Waals surface area contributed by atoms with Crippen LogP contribution in [-0.4, -0.2) is 100 Å². The zero-order chi connectivity index (χ0) is 37.7. The van der Waals surface area contributed by atoms with Crippen molar-refractivity contribution in [2.45, 2.75) is 61.0 Å². The highest BCUT2D eigenvalue weighted by Crippen LogP contribution is 2.44. The van der Waals surface area contributed by atoms with Gasteiger partial charge in [0.15, 0.2) is 6.10 Å². The van der Waals surface area contributed by atoms with Gasteiger partial charge in [0.1, 0.15) is 36.8 Å². The predicted octanol–water partition coefficient (Wildman–Crippen LogP) is 3.45. The van der Waals surface area contributed by atoms with Gasteiger partial charge in [0.05, 0.1) is 19.0 Å². The molecule has 2 heterocycles. The highest BCUT2D eigenvalue weighted by atomic mass is 32.2. The molecule has 0 bridgehead atoms. The number of ether oxygens (including phenoxy) is 4. The van der Waals surface area contributed by atoms with Crippen LogP contribution < -0.4 is 16.4 Å². The minimum Gasteiger partial charge on any atom is -0.456 e. The van der Waals surface area contributed by atoms with Crippen LogP contribution >= 0.6 is 11.8 Å². The Bertz CT molecular complexity index is 1760. The van der Waals surface area contributed by atoms with Gasteiger partial charge in [-0.25, -0.2) is 19.4 Å². The number of carbonyl (C=O) groups excluding carboxylic acids is 4. The van der Waals surface area contributed by atoms with Crippen molar-refractivity contribution in [2.24, 2.45) is 10.8 Å². The quantitative estimate of drug-likeness (QED) is 0.0254. The summed E-state index contributed by atoms with van der Waals surface area (Å²) in [6.07, 6.45) is -1.52. The largest absolute Gasteiger partial charge is 0.456 e. The zero-order valence-electron chi connectivity index (χ0n) is 28.5. The van der Waals surface area contributed by atoms with Gasteiger partial charge in [-0.15, -0.1) is 11.8 Å². The van der Waals surface area contributed by atoms with Gasteiger partial charge in [-0.05, 0) is 40.0 Å². The van der Waals surface area contributed by atoms with Crippen molar-refractivity contribution in [3.8, 4) is 11.1 Å². The normalized spacial score (nSPS) is 20.8. The van der Waals surface area contributed by atoms with E-state index >= 15 is 0 Å². The first-order valence-corrected chi connectivity index (χ1v) is 17.8. The molecule has 2 aliphatic rings. The van der Waals surface area contributed by atoms with Crippen LogP contribution in [0.25, 0.3) is 21.6 Å². The fourth-order valence-corrected chi connectivity index (χ4v) is 7.38. The molecule has 280 valence electrons. The number of nitrogens with zero attached hydrogens (tertiary/aromatic N) is 4. The average Bonchev–Trinajstić information content (AvgIpc) is 3.78. The number of hydrogen-bond acceptors (Lipinski definition) is 12. The number of aromatic amines is 1. The topological polar surface area (TPSA) is 253 Å². The van der Waals surface area contributed by atoms with Crippen molar-refractivity contribution in [3.05, 3.63) is 101 Å². The van der Waals surface area contributed by atoms with Crippen LogP contribution in [0.3, 0.4) is 0 Å². The number of aromatic nitrogens is 2. The summed E-state index contributed by atoms with van der Waals surface area (Å²) in [4.78, 5) is 61.1. The monoisotopic (exact) mass is 748 g/mol. The minimum absolute atomic E-state index is 0.0150. The number of amides is 3. The molecular formula is C35H40N8O9S. The van der Waals surface area contributed by atoms with E-state index in [1.54, 1.807) is 0 Å². The van der Waals surface area contributed by atoms with Crippen LogP contribution in [0.1, 0.15) is 35.6 Å². The van der Waals surface area contributed by atoms with Crippen LogP contribution in [0.5, 0.6) is 0 Å². The van der Waals surface area contributed by atoms with Crippen molar-refractivity contribution in [3.63, 3.8) is 0 Å². The summed E-state index contributed by atoms with van der Waals surface area (Å²) in [6.45, 7) is 3.02. The molecule has 0 saturated carbocycles. The fourth-order valence-electron chi connectivity index (χ4n) is 6.19. The Hall–Kier alpha value is -5.55. The van der Waals surface area contributed by atoms with E-state index in [9.17, 15) is 24.3 Å². The fraction of sp³-hybridized carbons (Fsp3) is 0.400. The number of azide groups is 1. The predicted molar refractivity (Wildman–Crippen MR) is 192 cm³/mol. The Labute approximate surface area is 308 Å². The number of alkyl carbamates (subject to hydrolysis) is 2. The maximum absolute atomic E-state index is 14.0.